The SMILES string of the molecule is O=C(O)C=CC(=O)NC(=O)NCCN1CCCCC1. The normalized spacial score (nSPS) is 16.2. The number of piperidine rings is 1. The molecule has 3 N–H and O–H groups in total. The molecule has 0 unspecified atom stereocenters. The van der Waals surface area contributed by atoms with E-state index in [1.165, 1.54) is 19.3 Å². The van der Waals surface area contributed by atoms with Crippen molar-refractivity contribution in [1.82, 2.24) is 15.5 Å². The van der Waals surface area contributed by atoms with Crippen molar-refractivity contribution >= 4 is 17.9 Å². The summed E-state index contributed by atoms with van der Waals surface area (Å²) in [5.74, 6) is -1.99. The molecule has 0 aliphatic carbocycles. The first-order chi connectivity index (χ1) is 9.08. The van der Waals surface area contributed by atoms with Crippen molar-refractivity contribution in [2.45, 2.75) is 19.3 Å². The number of carboxylic acid groups (broad SMARTS) is 1. The zero-order chi connectivity index (χ0) is 14.1. The highest BCUT2D eigenvalue weighted by Crippen LogP contribution is 2.07. The lowest BCUT2D eigenvalue weighted by molar-refractivity contribution is -0.131. The number of amides is 3. The van der Waals surface area contributed by atoms with E-state index in [-0.39, 0.29) is 0 Å². The predicted octanol–water partition coefficient (Wildman–Crippen LogP) is -0.0611. The van der Waals surface area contributed by atoms with E-state index in [9.17, 15) is 14.4 Å². The Bertz CT molecular complexity index is 362. The van der Waals surface area contributed by atoms with E-state index in [1.807, 2.05) is 5.32 Å². The maximum Gasteiger partial charge on any atom is 0.328 e. The van der Waals surface area contributed by atoms with Gasteiger partial charge < -0.3 is 15.3 Å². The third kappa shape index (κ3) is 7.20. The summed E-state index contributed by atoms with van der Waals surface area (Å²) in [6, 6.07) is -0.614. The number of hydrogen-bond donors (Lipinski definition) is 3. The van der Waals surface area contributed by atoms with Crippen LogP contribution in [0.4, 0.5) is 4.79 Å². The third-order valence-corrected chi connectivity index (χ3v) is 2.78. The van der Waals surface area contributed by atoms with E-state index in [1.54, 1.807) is 0 Å². The van der Waals surface area contributed by atoms with Gasteiger partial charge in [0.15, 0.2) is 0 Å². The number of rotatable bonds is 5. The molecule has 0 saturated carbocycles. The smallest absolute Gasteiger partial charge is 0.328 e. The fourth-order valence-corrected chi connectivity index (χ4v) is 1.86. The Hall–Kier alpha value is -1.89. The maximum absolute atomic E-state index is 11.3. The van der Waals surface area contributed by atoms with Crippen molar-refractivity contribution in [3.8, 4) is 0 Å². The van der Waals surface area contributed by atoms with Gasteiger partial charge in [-0.25, -0.2) is 9.59 Å². The number of carboxylic acids is 1. The summed E-state index contributed by atoms with van der Waals surface area (Å²) < 4.78 is 0. The van der Waals surface area contributed by atoms with Gasteiger partial charge in [0.2, 0.25) is 0 Å². The minimum absolute atomic E-state index is 0.460. The van der Waals surface area contributed by atoms with Gasteiger partial charge >= 0.3 is 12.0 Å². The third-order valence-electron chi connectivity index (χ3n) is 2.78. The Morgan fingerprint density at radius 2 is 1.79 bits per heavy atom. The first kappa shape index (κ1) is 15.2. The van der Waals surface area contributed by atoms with Crippen molar-refractivity contribution in [3.63, 3.8) is 0 Å². The van der Waals surface area contributed by atoms with Crippen LogP contribution in [0.15, 0.2) is 12.2 Å². The Kier molecular flexibility index (Phi) is 6.59. The van der Waals surface area contributed by atoms with Crippen LogP contribution in [0.25, 0.3) is 0 Å². The summed E-state index contributed by atoms with van der Waals surface area (Å²) >= 11 is 0. The molecule has 1 heterocycles. The molecule has 0 radical (unpaired) electrons. The van der Waals surface area contributed by atoms with E-state index in [2.05, 4.69) is 10.2 Å². The molecule has 0 atom stereocenters. The molecule has 0 aromatic rings. The number of nitrogens with one attached hydrogen (secondary N) is 2. The van der Waals surface area contributed by atoms with Gasteiger partial charge in [0.25, 0.3) is 5.91 Å². The average molecular weight is 269 g/mol. The quantitative estimate of drug-likeness (QED) is 0.607. The standard InChI is InChI=1S/C12H19N3O4/c16-10(4-5-11(17)18)14-12(19)13-6-9-15-7-2-1-3-8-15/h4-5H,1-3,6-9H2,(H,17,18)(H2,13,14,16,19). The lowest BCUT2D eigenvalue weighted by Crippen LogP contribution is -2.43. The lowest BCUT2D eigenvalue weighted by atomic mass is 10.1. The van der Waals surface area contributed by atoms with E-state index >= 15 is 0 Å². The second-order valence-corrected chi connectivity index (χ2v) is 4.32. The van der Waals surface area contributed by atoms with Gasteiger partial charge in [0, 0.05) is 25.2 Å². The van der Waals surface area contributed by atoms with Crippen LogP contribution in [-0.2, 0) is 9.59 Å². The van der Waals surface area contributed by atoms with E-state index < -0.39 is 17.9 Å². The number of urea groups is 1. The Morgan fingerprint density at radius 1 is 1.11 bits per heavy atom. The van der Waals surface area contributed by atoms with Gasteiger partial charge in [-0.2, -0.15) is 0 Å². The van der Waals surface area contributed by atoms with Crippen LogP contribution in [0.2, 0.25) is 0 Å². The zero-order valence-corrected chi connectivity index (χ0v) is 10.7. The van der Waals surface area contributed by atoms with Gasteiger partial charge in [0.1, 0.15) is 0 Å². The number of imide groups is 1. The minimum Gasteiger partial charge on any atom is -0.478 e. The minimum atomic E-state index is -1.24. The van der Waals surface area contributed by atoms with Crippen LogP contribution in [-0.4, -0.2) is 54.1 Å². The summed E-state index contributed by atoms with van der Waals surface area (Å²) in [4.78, 5) is 34.8. The molecule has 0 spiro atoms. The largest absolute Gasteiger partial charge is 0.478 e. The van der Waals surface area contributed by atoms with Gasteiger partial charge in [-0.1, -0.05) is 6.42 Å². The fraction of sp³-hybridized carbons (Fsp3) is 0.583. The monoisotopic (exact) mass is 269 g/mol. The molecule has 1 rings (SSSR count). The number of likely N-dealkylation sites (tertiary alicyclic amines) is 1. The van der Waals surface area contributed by atoms with Gasteiger partial charge in [0.05, 0.1) is 0 Å². The second kappa shape index (κ2) is 8.25. The van der Waals surface area contributed by atoms with E-state index in [4.69, 9.17) is 5.11 Å². The summed E-state index contributed by atoms with van der Waals surface area (Å²) in [7, 11) is 0. The first-order valence-corrected chi connectivity index (χ1v) is 6.30. The number of hydrogen-bond acceptors (Lipinski definition) is 4. The molecule has 0 aromatic heterocycles. The summed E-state index contributed by atoms with van der Waals surface area (Å²) in [6.45, 7) is 3.31. The highest BCUT2D eigenvalue weighted by Gasteiger charge is 2.10. The van der Waals surface area contributed by atoms with Crippen molar-refractivity contribution in [2.24, 2.45) is 0 Å². The van der Waals surface area contributed by atoms with Crippen molar-refractivity contribution in [2.75, 3.05) is 26.2 Å². The van der Waals surface area contributed by atoms with Gasteiger partial charge in [-0.15, -0.1) is 0 Å². The molecule has 7 nitrogen and oxygen atoms in total. The Balaban J connectivity index is 2.13. The molecular weight excluding hydrogens is 250 g/mol. The molecular formula is C12H19N3O4. The number of aliphatic carboxylic acids is 1. The highest BCUT2D eigenvalue weighted by atomic mass is 16.4. The number of nitrogens with zero attached hydrogens (tertiary/aromatic N) is 1. The zero-order valence-electron chi connectivity index (χ0n) is 10.7. The number of carbonyl (C=O) groups is 3. The van der Waals surface area contributed by atoms with Crippen molar-refractivity contribution < 1.29 is 19.5 Å². The molecule has 3 amide bonds. The molecule has 0 bridgehead atoms. The predicted molar refractivity (Wildman–Crippen MR) is 68.6 cm³/mol. The Morgan fingerprint density at radius 3 is 2.42 bits per heavy atom. The first-order valence-electron chi connectivity index (χ1n) is 6.30. The van der Waals surface area contributed by atoms with Crippen LogP contribution >= 0.6 is 0 Å². The van der Waals surface area contributed by atoms with Crippen LogP contribution in [0.3, 0.4) is 0 Å². The molecule has 1 aliphatic heterocycles. The maximum atomic E-state index is 11.3. The topological polar surface area (TPSA) is 98.7 Å². The van der Waals surface area contributed by atoms with Crippen molar-refractivity contribution in [1.29, 1.82) is 0 Å². The van der Waals surface area contributed by atoms with Crippen LogP contribution in [0.5, 0.6) is 0 Å². The average Bonchev–Trinajstić information content (AvgIpc) is 2.37. The molecule has 1 fully saturated rings. The van der Waals surface area contributed by atoms with Crippen LogP contribution < -0.4 is 10.6 Å². The summed E-state index contributed by atoms with van der Waals surface area (Å²) in [5, 5.41) is 12.9. The molecule has 7 heteroatoms. The summed E-state index contributed by atoms with van der Waals surface area (Å²) in [6.07, 6.45) is 5.10. The van der Waals surface area contributed by atoms with Gasteiger partial charge in [-0.05, 0) is 25.9 Å². The van der Waals surface area contributed by atoms with E-state index in [0.29, 0.717) is 12.6 Å². The van der Waals surface area contributed by atoms with Crippen LogP contribution in [0, 0.1) is 0 Å². The van der Waals surface area contributed by atoms with Crippen molar-refractivity contribution in [3.05, 3.63) is 12.2 Å². The van der Waals surface area contributed by atoms with Gasteiger partial charge in [-0.3, -0.25) is 10.1 Å². The summed E-state index contributed by atoms with van der Waals surface area (Å²) in [5.41, 5.74) is 0. The van der Waals surface area contributed by atoms with E-state index in [0.717, 1.165) is 25.7 Å². The second-order valence-electron chi connectivity index (χ2n) is 4.32. The molecule has 1 saturated heterocycles. The molecule has 0 aromatic carbocycles. The molecule has 106 valence electrons. The lowest BCUT2D eigenvalue weighted by Gasteiger charge is -2.26. The molecule has 19 heavy (non-hydrogen) atoms. The molecule has 1 aliphatic rings. The Labute approximate surface area is 111 Å². The van der Waals surface area contributed by atoms with Crippen LogP contribution in [0.1, 0.15) is 19.3 Å². The highest BCUT2D eigenvalue weighted by molar-refractivity contribution is 6.02. The fourth-order valence-electron chi connectivity index (χ4n) is 1.86. The number of carbonyl (C=O) groups excluding carboxylic acids is 2.